The molecule has 3 aliphatic rings. The average molecular weight is 831 g/mol. The van der Waals surface area contributed by atoms with Crippen molar-refractivity contribution in [3.8, 4) is 33.4 Å². The Bertz CT molecular complexity index is 3340. The average Bonchev–Trinajstić information content (AvgIpc) is 3.76. The molecule has 8 aromatic carbocycles. The van der Waals surface area contributed by atoms with Crippen LogP contribution in [0.3, 0.4) is 0 Å². The first-order chi connectivity index (χ1) is 30.3. The zero-order chi connectivity index (χ0) is 43.2. The first-order valence-electron chi connectivity index (χ1n) is 22.5. The van der Waals surface area contributed by atoms with E-state index in [0.29, 0.717) is 0 Å². The van der Waals surface area contributed by atoms with Crippen LogP contribution in [0.1, 0.15) is 77.6 Å². The van der Waals surface area contributed by atoms with Gasteiger partial charge in [-0.15, -0.1) is 11.3 Å². The maximum Gasteiger partial charge on any atom is 0.333 e. The molecule has 2 nitrogen and oxygen atoms in total. The molecule has 0 unspecified atom stereocenters. The molecule has 12 rings (SSSR count). The van der Waals surface area contributed by atoms with Crippen molar-refractivity contribution in [3.05, 3.63) is 186 Å². The van der Waals surface area contributed by atoms with Gasteiger partial charge in [-0.2, -0.15) is 0 Å². The van der Waals surface area contributed by atoms with Crippen molar-refractivity contribution < 1.29 is 0 Å². The number of para-hydroxylation sites is 1. The fourth-order valence-corrected chi connectivity index (χ4v) is 12.3. The van der Waals surface area contributed by atoms with Crippen LogP contribution < -0.4 is 20.6 Å². The smallest absolute Gasteiger partial charge is 0.333 e. The summed E-state index contributed by atoms with van der Waals surface area (Å²) >= 11 is 1.91. The van der Waals surface area contributed by atoms with Crippen LogP contribution >= 0.6 is 11.3 Å². The number of benzene rings is 8. The molecule has 1 aliphatic carbocycles. The molecule has 1 aromatic heterocycles. The van der Waals surface area contributed by atoms with Crippen LogP contribution in [0.2, 0.25) is 0 Å². The van der Waals surface area contributed by atoms with Gasteiger partial charge in [0, 0.05) is 59.5 Å². The Balaban J connectivity index is 1.26. The third-order valence-electron chi connectivity index (χ3n) is 14.3. The van der Waals surface area contributed by atoms with E-state index in [1.54, 1.807) is 0 Å². The molecule has 63 heavy (non-hydrogen) atoms. The quantitative estimate of drug-likeness (QED) is 0.164. The van der Waals surface area contributed by atoms with Crippen molar-refractivity contribution in [2.75, 3.05) is 9.71 Å². The van der Waals surface area contributed by atoms with Gasteiger partial charge in [-0.1, -0.05) is 165 Å². The van der Waals surface area contributed by atoms with Crippen LogP contribution in [0.15, 0.2) is 164 Å². The lowest BCUT2D eigenvalue weighted by atomic mass is 9.42. The van der Waals surface area contributed by atoms with Crippen molar-refractivity contribution in [3.63, 3.8) is 0 Å². The standard InChI is InChI=1S/C59H51BN2S/c1-57(2,3)37-26-29-39(30-27-37)62-49-24-16-13-22-42(49)54-55-45(40-20-12-15-23-46(40)59(55,7)8)34-51-56(54)60(62)47-35-53-44(41-21-14-17-25-52(41)63-53)33-50(47)61(51)48-31-28-38(58(4,5)6)32-43(48)36-18-10-9-11-19-36/h9-35H,1-8H3. The number of anilines is 5. The SMILES string of the molecule is CC(C)(C)c1ccc(N2B3c4cc5sc6ccccc6c5cc4N(c4ccc(C(C)(C)C)cc4-c4ccccc4)c4cc5c(c(c43)-c3ccccc32)C(C)(C)c2ccccc2-5)cc1. The number of hydrogen-bond acceptors (Lipinski definition) is 3. The second-order valence-corrected chi connectivity index (χ2v) is 21.6. The van der Waals surface area contributed by atoms with Crippen molar-refractivity contribution in [1.82, 2.24) is 0 Å². The van der Waals surface area contributed by atoms with Crippen LogP contribution in [0.4, 0.5) is 28.4 Å². The van der Waals surface area contributed by atoms with Crippen LogP contribution in [-0.4, -0.2) is 6.85 Å². The van der Waals surface area contributed by atoms with Crippen LogP contribution in [-0.2, 0) is 16.2 Å². The van der Waals surface area contributed by atoms with Crippen LogP contribution in [0, 0.1) is 0 Å². The molecule has 0 N–H and O–H groups in total. The van der Waals surface area contributed by atoms with Gasteiger partial charge in [0.15, 0.2) is 0 Å². The van der Waals surface area contributed by atoms with Gasteiger partial charge in [-0.3, -0.25) is 0 Å². The van der Waals surface area contributed by atoms with E-state index in [1.807, 2.05) is 11.3 Å². The van der Waals surface area contributed by atoms with Crippen LogP contribution in [0.5, 0.6) is 0 Å². The predicted octanol–water partition coefficient (Wildman–Crippen LogP) is 15.3. The Labute approximate surface area is 376 Å². The fourth-order valence-electron chi connectivity index (χ4n) is 11.2. The molecule has 306 valence electrons. The molecule has 0 saturated carbocycles. The molecule has 0 bridgehead atoms. The van der Waals surface area contributed by atoms with Crippen molar-refractivity contribution in [2.24, 2.45) is 0 Å². The third kappa shape index (κ3) is 5.56. The zero-order valence-corrected chi connectivity index (χ0v) is 38.3. The molecule has 0 spiro atoms. The summed E-state index contributed by atoms with van der Waals surface area (Å²) in [6.45, 7) is 18.7. The monoisotopic (exact) mass is 830 g/mol. The highest BCUT2D eigenvalue weighted by atomic mass is 32.1. The Hall–Kier alpha value is -6.36. The summed E-state index contributed by atoms with van der Waals surface area (Å²) in [5.74, 6) is 0. The van der Waals surface area contributed by atoms with E-state index in [1.165, 1.54) is 115 Å². The highest BCUT2D eigenvalue weighted by Crippen LogP contribution is 2.58. The highest BCUT2D eigenvalue weighted by molar-refractivity contribution is 7.26. The van der Waals surface area contributed by atoms with Gasteiger partial charge in [0.05, 0.1) is 5.69 Å². The van der Waals surface area contributed by atoms with Gasteiger partial charge in [0.1, 0.15) is 0 Å². The summed E-state index contributed by atoms with van der Waals surface area (Å²) in [6.07, 6.45) is 0. The highest BCUT2D eigenvalue weighted by Gasteiger charge is 2.50. The molecule has 0 amide bonds. The minimum atomic E-state index is -0.214. The molecule has 2 aliphatic heterocycles. The normalized spacial score (nSPS) is 14.7. The van der Waals surface area contributed by atoms with E-state index in [2.05, 4.69) is 229 Å². The number of nitrogens with zero attached hydrogens (tertiary/aromatic N) is 2. The van der Waals surface area contributed by atoms with E-state index in [9.17, 15) is 0 Å². The van der Waals surface area contributed by atoms with Crippen LogP contribution in [0.25, 0.3) is 53.6 Å². The lowest BCUT2D eigenvalue weighted by molar-refractivity contribution is 0.590. The minimum Gasteiger partial charge on any atom is -0.376 e. The van der Waals surface area contributed by atoms with E-state index >= 15 is 0 Å². The maximum absolute atomic E-state index is 2.67. The molecular weight excluding hydrogens is 780 g/mol. The van der Waals surface area contributed by atoms with Gasteiger partial charge in [-0.25, -0.2) is 0 Å². The molecule has 4 heteroatoms. The van der Waals surface area contributed by atoms with Gasteiger partial charge in [0.25, 0.3) is 0 Å². The number of rotatable bonds is 3. The van der Waals surface area contributed by atoms with Gasteiger partial charge >= 0.3 is 6.85 Å². The summed E-state index contributed by atoms with van der Waals surface area (Å²) < 4.78 is 2.64. The number of hydrogen-bond donors (Lipinski definition) is 0. The largest absolute Gasteiger partial charge is 0.376 e. The third-order valence-corrected chi connectivity index (χ3v) is 15.5. The first kappa shape index (κ1) is 38.3. The second kappa shape index (κ2) is 13.3. The summed E-state index contributed by atoms with van der Waals surface area (Å²) in [5, 5.41) is 2.62. The Morgan fingerprint density at radius 1 is 0.492 bits per heavy atom. The molecule has 0 fully saturated rings. The Morgan fingerprint density at radius 2 is 1.16 bits per heavy atom. The minimum absolute atomic E-state index is 0.0243. The number of fused-ring (bicyclic) bond motifs is 11. The molecule has 9 aromatic rings. The lowest BCUT2D eigenvalue weighted by Gasteiger charge is -2.47. The van der Waals surface area contributed by atoms with Crippen molar-refractivity contribution in [1.29, 1.82) is 0 Å². The molecule has 0 radical (unpaired) electrons. The zero-order valence-electron chi connectivity index (χ0n) is 37.5. The van der Waals surface area contributed by atoms with E-state index < -0.39 is 0 Å². The molecule has 0 atom stereocenters. The predicted molar refractivity (Wildman–Crippen MR) is 273 cm³/mol. The molecular formula is C59H51BN2S. The molecule has 3 heterocycles. The fraction of sp³-hybridized carbons (Fsp3) is 0.186. The summed E-state index contributed by atoms with van der Waals surface area (Å²) in [6, 6.07) is 62.8. The van der Waals surface area contributed by atoms with Crippen molar-refractivity contribution >= 4 is 77.7 Å². The summed E-state index contributed by atoms with van der Waals surface area (Å²) in [7, 11) is 0. The Kier molecular flexibility index (Phi) is 8.11. The lowest BCUT2D eigenvalue weighted by Crippen LogP contribution is -2.62. The first-order valence-corrected chi connectivity index (χ1v) is 23.4. The van der Waals surface area contributed by atoms with Gasteiger partial charge in [-0.05, 0) is 121 Å². The van der Waals surface area contributed by atoms with Gasteiger partial charge < -0.3 is 9.71 Å². The van der Waals surface area contributed by atoms with E-state index in [4.69, 9.17) is 0 Å². The van der Waals surface area contributed by atoms with Crippen molar-refractivity contribution in [2.45, 2.75) is 71.6 Å². The topological polar surface area (TPSA) is 6.48 Å². The Morgan fingerprint density at radius 3 is 1.92 bits per heavy atom. The van der Waals surface area contributed by atoms with E-state index in [0.717, 1.165) is 0 Å². The summed E-state index contributed by atoms with van der Waals surface area (Å²) in [5.41, 5.74) is 21.9. The van der Waals surface area contributed by atoms with Gasteiger partial charge in [0.2, 0.25) is 0 Å². The summed E-state index contributed by atoms with van der Waals surface area (Å²) in [4.78, 5) is 5.33. The number of thiophene rings is 1. The molecule has 0 saturated heterocycles. The maximum atomic E-state index is 2.67. The van der Waals surface area contributed by atoms with E-state index in [-0.39, 0.29) is 23.1 Å². The second-order valence-electron chi connectivity index (χ2n) is 20.6.